The molecule has 0 N–H and O–H groups in total. The Morgan fingerprint density at radius 1 is 0.719 bits per heavy atom. The normalized spacial score (nSPS) is 11.5. The Balaban J connectivity index is 0.000000390. The molecule has 172 valence electrons. The van der Waals surface area contributed by atoms with Crippen LogP contribution in [0.1, 0.15) is 5.56 Å². The van der Waals surface area contributed by atoms with Crippen LogP contribution in [0.25, 0.3) is 0 Å². The molecule has 0 saturated heterocycles. The highest BCUT2D eigenvalue weighted by Crippen LogP contribution is 2.33. The van der Waals surface area contributed by atoms with Gasteiger partial charge in [-0.1, -0.05) is 17.7 Å². The predicted octanol–water partition coefficient (Wildman–Crippen LogP) is 5.16. The van der Waals surface area contributed by atoms with Gasteiger partial charge >= 0.3 is 5.51 Å². The maximum Gasteiger partial charge on any atom is 0.485 e. The van der Waals surface area contributed by atoms with Crippen molar-refractivity contribution in [2.75, 3.05) is 14.2 Å². The third kappa shape index (κ3) is 6.91. The number of methoxy groups -OCH3 is 2. The lowest BCUT2D eigenvalue weighted by atomic mass is 10.2. The van der Waals surface area contributed by atoms with Gasteiger partial charge in [0.15, 0.2) is 24.8 Å². The molecular formula is C22H21F3O5S2. The molecule has 0 aromatic heterocycles. The minimum Gasteiger partial charge on any atom is -0.741 e. The van der Waals surface area contributed by atoms with Gasteiger partial charge < -0.3 is 14.0 Å². The third-order valence-corrected chi connectivity index (χ3v) is 6.93. The van der Waals surface area contributed by atoms with E-state index in [0.717, 1.165) is 11.5 Å². The average Bonchev–Trinajstić information content (AvgIpc) is 2.75. The summed E-state index contributed by atoms with van der Waals surface area (Å²) in [6, 6.07) is 25.4. The molecule has 0 atom stereocenters. The van der Waals surface area contributed by atoms with Crippen LogP contribution in [0, 0.1) is 6.92 Å². The molecule has 0 heterocycles. The number of benzene rings is 3. The summed E-state index contributed by atoms with van der Waals surface area (Å²) in [6.45, 7) is 2.11. The van der Waals surface area contributed by atoms with Gasteiger partial charge in [-0.25, -0.2) is 8.42 Å². The topological polar surface area (TPSA) is 75.7 Å². The zero-order valence-corrected chi connectivity index (χ0v) is 19.1. The van der Waals surface area contributed by atoms with Crippen LogP contribution in [0.4, 0.5) is 13.2 Å². The molecule has 0 saturated carbocycles. The lowest BCUT2D eigenvalue weighted by molar-refractivity contribution is -0.0517. The van der Waals surface area contributed by atoms with Gasteiger partial charge in [0.2, 0.25) is 0 Å². The Morgan fingerprint density at radius 3 is 1.25 bits per heavy atom. The van der Waals surface area contributed by atoms with Gasteiger partial charge in [-0.2, -0.15) is 13.2 Å². The summed E-state index contributed by atoms with van der Waals surface area (Å²) in [4.78, 5) is 3.84. The molecule has 32 heavy (non-hydrogen) atoms. The first-order chi connectivity index (χ1) is 15.0. The summed E-state index contributed by atoms with van der Waals surface area (Å²) < 4.78 is 69.5. The minimum absolute atomic E-state index is 0.155. The van der Waals surface area contributed by atoms with Crippen molar-refractivity contribution >= 4 is 21.0 Å². The standard InChI is InChI=1S/C21H21O2S.CHF3O3S/c1-16-4-10-19(11-5-16)24(20-12-6-17(22-2)7-13-20)21-14-8-18(23-3)9-15-21;2-1(3,4)8(5,6)7/h4-15H,1-3H3;(H,5,6,7)/q+1;/p-1. The van der Waals surface area contributed by atoms with Crippen LogP contribution in [0.5, 0.6) is 11.5 Å². The van der Waals surface area contributed by atoms with Gasteiger partial charge in [-0.3, -0.25) is 0 Å². The van der Waals surface area contributed by atoms with E-state index in [1.165, 1.54) is 20.2 Å². The van der Waals surface area contributed by atoms with E-state index >= 15 is 0 Å². The second-order valence-corrected chi connectivity index (χ2v) is 9.77. The minimum atomic E-state index is -6.09. The highest BCUT2D eigenvalue weighted by Gasteiger charge is 2.37. The molecule has 3 aromatic rings. The van der Waals surface area contributed by atoms with E-state index in [9.17, 15) is 13.2 Å². The number of rotatable bonds is 5. The van der Waals surface area contributed by atoms with Crippen LogP contribution in [-0.4, -0.2) is 32.7 Å². The van der Waals surface area contributed by atoms with Gasteiger partial charge in [0.1, 0.15) is 11.5 Å². The monoisotopic (exact) mass is 486 g/mol. The van der Waals surface area contributed by atoms with Crippen molar-refractivity contribution in [3.8, 4) is 11.5 Å². The molecule has 3 aromatic carbocycles. The average molecular weight is 487 g/mol. The summed E-state index contributed by atoms with van der Waals surface area (Å²) in [5, 5.41) is 0. The molecule has 0 unspecified atom stereocenters. The fraction of sp³-hybridized carbons (Fsp3) is 0.182. The Hall–Kier alpha value is -2.69. The molecular weight excluding hydrogens is 465 g/mol. The maximum absolute atomic E-state index is 10.7. The molecule has 10 heteroatoms. The number of ether oxygens (including phenoxy) is 2. The molecule has 0 amide bonds. The summed E-state index contributed by atoms with van der Waals surface area (Å²) in [5.74, 6) is 1.75. The van der Waals surface area contributed by atoms with Crippen LogP contribution in [0.15, 0.2) is 87.5 Å². The molecule has 5 nitrogen and oxygen atoms in total. The largest absolute Gasteiger partial charge is 0.741 e. The summed E-state index contributed by atoms with van der Waals surface area (Å²) >= 11 is 0. The zero-order valence-electron chi connectivity index (χ0n) is 17.4. The van der Waals surface area contributed by atoms with E-state index in [-0.39, 0.29) is 10.9 Å². The van der Waals surface area contributed by atoms with Gasteiger partial charge in [0.25, 0.3) is 0 Å². The Labute approximate surface area is 187 Å². The van der Waals surface area contributed by atoms with Crippen LogP contribution in [0.3, 0.4) is 0 Å². The van der Waals surface area contributed by atoms with Gasteiger partial charge in [-0.15, -0.1) is 0 Å². The predicted molar refractivity (Wildman–Crippen MR) is 115 cm³/mol. The Bertz CT molecular complexity index is 1050. The highest BCUT2D eigenvalue weighted by atomic mass is 32.2. The Morgan fingerprint density at radius 2 is 1.00 bits per heavy atom. The zero-order chi connectivity index (χ0) is 23.9. The highest BCUT2D eigenvalue weighted by molar-refractivity contribution is 7.97. The number of halogens is 3. The smallest absolute Gasteiger partial charge is 0.485 e. The van der Waals surface area contributed by atoms with Crippen molar-refractivity contribution in [2.24, 2.45) is 0 Å². The number of alkyl halides is 3. The first-order valence-electron chi connectivity index (χ1n) is 9.07. The van der Waals surface area contributed by atoms with Crippen LogP contribution in [-0.2, 0) is 21.0 Å². The molecule has 0 fully saturated rings. The van der Waals surface area contributed by atoms with E-state index in [1.807, 2.05) is 24.3 Å². The SMILES string of the molecule is COc1ccc([S+](c2ccc(C)cc2)c2ccc(OC)cc2)cc1.O=S(=O)([O-])C(F)(F)F. The van der Waals surface area contributed by atoms with Crippen molar-refractivity contribution in [2.45, 2.75) is 27.1 Å². The third-order valence-electron chi connectivity index (χ3n) is 4.13. The maximum atomic E-state index is 10.7. The van der Waals surface area contributed by atoms with Crippen molar-refractivity contribution in [3.05, 3.63) is 78.4 Å². The molecule has 0 bridgehead atoms. The van der Waals surface area contributed by atoms with E-state index in [2.05, 4.69) is 55.5 Å². The molecule has 3 rings (SSSR count). The lowest BCUT2D eigenvalue weighted by Crippen LogP contribution is -2.21. The van der Waals surface area contributed by atoms with Crippen molar-refractivity contribution < 1.29 is 35.6 Å². The van der Waals surface area contributed by atoms with Crippen molar-refractivity contribution in [3.63, 3.8) is 0 Å². The van der Waals surface area contributed by atoms with Crippen molar-refractivity contribution in [1.29, 1.82) is 0 Å². The fourth-order valence-corrected chi connectivity index (χ4v) is 4.55. The van der Waals surface area contributed by atoms with E-state index in [4.69, 9.17) is 22.4 Å². The lowest BCUT2D eigenvalue weighted by Gasteiger charge is -2.09. The van der Waals surface area contributed by atoms with Gasteiger partial charge in [0, 0.05) is 0 Å². The quantitative estimate of drug-likeness (QED) is 0.283. The molecule has 0 aliphatic carbocycles. The Kier molecular flexibility index (Phi) is 8.59. The molecule has 0 aliphatic rings. The second-order valence-electron chi connectivity index (χ2n) is 6.37. The molecule has 0 aliphatic heterocycles. The number of hydrogen-bond donors (Lipinski definition) is 0. The van der Waals surface area contributed by atoms with Crippen LogP contribution >= 0.6 is 0 Å². The first-order valence-corrected chi connectivity index (χ1v) is 11.7. The number of aryl methyl sites for hydroxylation is 1. The van der Waals surface area contributed by atoms with Gasteiger partial charge in [-0.05, 0) is 67.6 Å². The summed E-state index contributed by atoms with van der Waals surface area (Å²) in [5.41, 5.74) is -4.38. The first kappa shape index (κ1) is 25.6. The van der Waals surface area contributed by atoms with E-state index < -0.39 is 15.6 Å². The van der Waals surface area contributed by atoms with Gasteiger partial charge in [0.05, 0.1) is 25.1 Å². The van der Waals surface area contributed by atoms with Crippen LogP contribution in [0.2, 0.25) is 0 Å². The van der Waals surface area contributed by atoms with E-state index in [1.54, 1.807) is 14.2 Å². The summed E-state index contributed by atoms with van der Waals surface area (Å²) in [7, 11) is -2.86. The summed E-state index contributed by atoms with van der Waals surface area (Å²) in [6.07, 6.45) is 0. The fourth-order valence-electron chi connectivity index (χ4n) is 2.51. The molecule has 0 spiro atoms. The van der Waals surface area contributed by atoms with Crippen molar-refractivity contribution in [1.82, 2.24) is 0 Å². The molecule has 0 radical (unpaired) electrons. The van der Waals surface area contributed by atoms with E-state index in [0.29, 0.717) is 0 Å². The van der Waals surface area contributed by atoms with Crippen LogP contribution < -0.4 is 9.47 Å². The number of hydrogen-bond acceptors (Lipinski definition) is 5. The second kappa shape index (κ2) is 10.8.